The van der Waals surface area contributed by atoms with Gasteiger partial charge in [0.25, 0.3) is 0 Å². The SMILES string of the molecule is Cc1ncsc1-c1ccc([C@@H](C)NC(=O)[C@H]2CC(O)CN2)cc1. The van der Waals surface area contributed by atoms with E-state index in [1.807, 2.05) is 31.5 Å². The number of hydrogen-bond acceptors (Lipinski definition) is 5. The van der Waals surface area contributed by atoms with Gasteiger partial charge in [-0.05, 0) is 31.4 Å². The zero-order valence-electron chi connectivity index (χ0n) is 13.2. The van der Waals surface area contributed by atoms with Gasteiger partial charge >= 0.3 is 0 Å². The molecule has 0 bridgehead atoms. The van der Waals surface area contributed by atoms with E-state index in [4.69, 9.17) is 0 Å². The summed E-state index contributed by atoms with van der Waals surface area (Å²) >= 11 is 1.63. The Kier molecular flexibility index (Phi) is 4.75. The number of aliphatic hydroxyl groups excluding tert-OH is 1. The minimum absolute atomic E-state index is 0.0589. The number of carbonyl (C=O) groups excluding carboxylic acids is 1. The number of aryl methyl sites for hydroxylation is 1. The number of β-amino-alcohol motifs (C(OH)–C–C–N with tert-alkyl or cyclic N) is 1. The number of thiazole rings is 1. The minimum atomic E-state index is -0.428. The summed E-state index contributed by atoms with van der Waals surface area (Å²) in [6.07, 6.45) is 0.0466. The quantitative estimate of drug-likeness (QED) is 0.801. The molecule has 5 nitrogen and oxygen atoms in total. The Labute approximate surface area is 139 Å². The molecule has 1 aliphatic rings. The number of nitrogens with zero attached hydrogens (tertiary/aromatic N) is 1. The highest BCUT2D eigenvalue weighted by Gasteiger charge is 2.28. The predicted octanol–water partition coefficient (Wildman–Crippen LogP) is 2.02. The van der Waals surface area contributed by atoms with Gasteiger partial charge in [0.15, 0.2) is 0 Å². The fourth-order valence-corrected chi connectivity index (χ4v) is 3.63. The Morgan fingerprint density at radius 1 is 1.43 bits per heavy atom. The average molecular weight is 331 g/mol. The molecule has 0 saturated carbocycles. The molecule has 6 heteroatoms. The molecule has 23 heavy (non-hydrogen) atoms. The van der Waals surface area contributed by atoms with Gasteiger partial charge in [-0.2, -0.15) is 0 Å². The monoisotopic (exact) mass is 331 g/mol. The van der Waals surface area contributed by atoms with Crippen molar-refractivity contribution in [2.24, 2.45) is 0 Å². The Hall–Kier alpha value is -1.76. The van der Waals surface area contributed by atoms with E-state index >= 15 is 0 Å². The molecule has 3 N–H and O–H groups in total. The van der Waals surface area contributed by atoms with Crippen LogP contribution in [0.1, 0.15) is 30.6 Å². The van der Waals surface area contributed by atoms with Crippen LogP contribution < -0.4 is 10.6 Å². The van der Waals surface area contributed by atoms with E-state index in [2.05, 4.69) is 27.8 Å². The zero-order valence-corrected chi connectivity index (χ0v) is 14.1. The molecule has 1 saturated heterocycles. The van der Waals surface area contributed by atoms with Crippen LogP contribution in [0.15, 0.2) is 29.8 Å². The lowest BCUT2D eigenvalue weighted by Crippen LogP contribution is -2.41. The molecule has 1 amide bonds. The van der Waals surface area contributed by atoms with E-state index in [1.165, 1.54) is 4.88 Å². The Morgan fingerprint density at radius 2 is 2.17 bits per heavy atom. The maximum Gasteiger partial charge on any atom is 0.237 e. The molecule has 0 aliphatic carbocycles. The van der Waals surface area contributed by atoms with Crippen LogP contribution in [0, 0.1) is 6.92 Å². The van der Waals surface area contributed by atoms with E-state index in [0.29, 0.717) is 13.0 Å². The molecule has 1 aromatic heterocycles. The van der Waals surface area contributed by atoms with Crippen molar-refractivity contribution >= 4 is 17.2 Å². The first-order valence-electron chi connectivity index (χ1n) is 7.77. The first-order chi connectivity index (χ1) is 11.0. The molecular formula is C17H21N3O2S. The minimum Gasteiger partial charge on any atom is -0.392 e. The zero-order chi connectivity index (χ0) is 16.4. The van der Waals surface area contributed by atoms with Gasteiger partial charge in [0.05, 0.1) is 34.3 Å². The van der Waals surface area contributed by atoms with Crippen molar-refractivity contribution in [1.29, 1.82) is 0 Å². The van der Waals surface area contributed by atoms with Gasteiger partial charge in [0.1, 0.15) is 0 Å². The lowest BCUT2D eigenvalue weighted by atomic mass is 10.0. The third-order valence-electron chi connectivity index (χ3n) is 4.20. The fraction of sp³-hybridized carbons (Fsp3) is 0.412. The lowest BCUT2D eigenvalue weighted by molar-refractivity contribution is -0.123. The van der Waals surface area contributed by atoms with Crippen molar-refractivity contribution in [2.45, 2.75) is 38.5 Å². The van der Waals surface area contributed by atoms with Crippen LogP contribution in [-0.4, -0.2) is 34.7 Å². The fourth-order valence-electron chi connectivity index (χ4n) is 2.82. The van der Waals surface area contributed by atoms with Crippen LogP contribution in [0.25, 0.3) is 10.4 Å². The maximum atomic E-state index is 12.2. The Balaban J connectivity index is 1.65. The first kappa shape index (κ1) is 16.1. The molecule has 3 atom stereocenters. The van der Waals surface area contributed by atoms with E-state index in [1.54, 1.807) is 11.3 Å². The summed E-state index contributed by atoms with van der Waals surface area (Å²) in [6, 6.07) is 7.84. The molecule has 0 spiro atoms. The van der Waals surface area contributed by atoms with Crippen LogP contribution >= 0.6 is 11.3 Å². The normalized spacial score (nSPS) is 22.0. The topological polar surface area (TPSA) is 74.2 Å². The molecule has 2 aromatic rings. The van der Waals surface area contributed by atoms with Crippen molar-refractivity contribution in [3.05, 3.63) is 41.0 Å². The predicted molar refractivity (Wildman–Crippen MR) is 91.3 cm³/mol. The van der Waals surface area contributed by atoms with Gasteiger partial charge in [-0.15, -0.1) is 11.3 Å². The summed E-state index contributed by atoms with van der Waals surface area (Å²) in [7, 11) is 0. The van der Waals surface area contributed by atoms with Crippen LogP contribution in [0.3, 0.4) is 0 Å². The summed E-state index contributed by atoms with van der Waals surface area (Å²) in [5.41, 5.74) is 5.09. The largest absolute Gasteiger partial charge is 0.392 e. The second-order valence-corrected chi connectivity index (χ2v) is 6.82. The highest BCUT2D eigenvalue weighted by atomic mass is 32.1. The Bertz CT molecular complexity index is 683. The van der Waals surface area contributed by atoms with Gasteiger partial charge in [0, 0.05) is 6.54 Å². The van der Waals surface area contributed by atoms with Gasteiger partial charge in [-0.3, -0.25) is 4.79 Å². The van der Waals surface area contributed by atoms with Crippen molar-refractivity contribution in [3.8, 4) is 10.4 Å². The third-order valence-corrected chi connectivity index (χ3v) is 5.18. The highest BCUT2D eigenvalue weighted by Crippen LogP contribution is 2.28. The van der Waals surface area contributed by atoms with Crippen LogP contribution in [0.2, 0.25) is 0 Å². The van der Waals surface area contributed by atoms with E-state index in [0.717, 1.165) is 16.8 Å². The second kappa shape index (κ2) is 6.78. The number of aliphatic hydroxyl groups is 1. The number of benzene rings is 1. The van der Waals surface area contributed by atoms with E-state index < -0.39 is 6.10 Å². The summed E-state index contributed by atoms with van der Waals surface area (Å²) in [5.74, 6) is -0.0589. The summed E-state index contributed by atoms with van der Waals surface area (Å²) < 4.78 is 0. The highest BCUT2D eigenvalue weighted by molar-refractivity contribution is 7.13. The molecule has 1 unspecified atom stereocenters. The summed E-state index contributed by atoms with van der Waals surface area (Å²) in [5, 5.41) is 15.5. The summed E-state index contributed by atoms with van der Waals surface area (Å²) in [4.78, 5) is 17.6. The number of carbonyl (C=O) groups is 1. The van der Waals surface area contributed by atoms with Crippen molar-refractivity contribution in [3.63, 3.8) is 0 Å². The lowest BCUT2D eigenvalue weighted by Gasteiger charge is -2.18. The third kappa shape index (κ3) is 3.60. The van der Waals surface area contributed by atoms with Gasteiger partial charge in [-0.1, -0.05) is 24.3 Å². The smallest absolute Gasteiger partial charge is 0.237 e. The van der Waals surface area contributed by atoms with Gasteiger partial charge in [-0.25, -0.2) is 4.98 Å². The van der Waals surface area contributed by atoms with Gasteiger partial charge < -0.3 is 15.7 Å². The standard InChI is InChI=1S/C17H21N3O2S/c1-10(20-17(22)15-7-14(21)8-18-15)12-3-5-13(6-4-12)16-11(2)19-9-23-16/h3-6,9-10,14-15,18,21H,7-8H2,1-2H3,(H,20,22)/t10-,14?,15-/m1/s1. The van der Waals surface area contributed by atoms with Gasteiger partial charge in [0.2, 0.25) is 5.91 Å². The number of amides is 1. The van der Waals surface area contributed by atoms with Crippen molar-refractivity contribution < 1.29 is 9.90 Å². The molecule has 122 valence electrons. The molecule has 0 radical (unpaired) electrons. The average Bonchev–Trinajstić information content (AvgIpc) is 3.16. The van der Waals surface area contributed by atoms with Crippen molar-refractivity contribution in [2.75, 3.05) is 6.54 Å². The molecule has 1 aromatic carbocycles. The molecule has 1 fully saturated rings. The molecule has 2 heterocycles. The molecule has 3 rings (SSSR count). The number of rotatable bonds is 4. The summed E-state index contributed by atoms with van der Waals surface area (Å²) in [6.45, 7) is 4.46. The van der Waals surface area contributed by atoms with Crippen LogP contribution in [0.4, 0.5) is 0 Å². The Morgan fingerprint density at radius 3 is 2.74 bits per heavy atom. The second-order valence-electron chi connectivity index (χ2n) is 5.97. The van der Waals surface area contributed by atoms with Crippen molar-refractivity contribution in [1.82, 2.24) is 15.6 Å². The number of nitrogens with one attached hydrogen (secondary N) is 2. The van der Waals surface area contributed by atoms with E-state index in [9.17, 15) is 9.90 Å². The van der Waals surface area contributed by atoms with Crippen LogP contribution in [0.5, 0.6) is 0 Å². The van der Waals surface area contributed by atoms with E-state index in [-0.39, 0.29) is 18.0 Å². The molecular weight excluding hydrogens is 310 g/mol. The number of hydrogen-bond donors (Lipinski definition) is 3. The number of aromatic nitrogens is 1. The van der Waals surface area contributed by atoms with Crippen LogP contribution in [-0.2, 0) is 4.79 Å². The molecule has 1 aliphatic heterocycles. The maximum absolute atomic E-state index is 12.2. The first-order valence-corrected chi connectivity index (χ1v) is 8.65.